The number of rotatable bonds is 7. The van der Waals surface area contributed by atoms with Crippen LogP contribution >= 0.6 is 11.6 Å². The molecule has 3 nitrogen and oxygen atoms in total. The van der Waals surface area contributed by atoms with Crippen LogP contribution in [0.4, 0.5) is 0 Å². The predicted molar refractivity (Wildman–Crippen MR) is 86.6 cm³/mol. The van der Waals surface area contributed by atoms with Crippen LogP contribution < -0.4 is 10.1 Å². The maximum absolute atomic E-state index is 6.12. The van der Waals surface area contributed by atoms with Gasteiger partial charge < -0.3 is 10.1 Å². The SMILES string of the molecule is CC(C)CNCc1cc(OCc2ccccc2Cl)ccn1. The molecule has 0 fully saturated rings. The highest BCUT2D eigenvalue weighted by Gasteiger charge is 2.02. The molecule has 0 amide bonds. The minimum atomic E-state index is 0.461. The first kappa shape index (κ1) is 15.8. The van der Waals surface area contributed by atoms with Gasteiger partial charge in [0.05, 0.1) is 5.69 Å². The van der Waals surface area contributed by atoms with Crippen LogP contribution in [0.15, 0.2) is 42.6 Å². The van der Waals surface area contributed by atoms with Crippen molar-refractivity contribution in [3.05, 3.63) is 58.9 Å². The Morgan fingerprint density at radius 1 is 1.24 bits per heavy atom. The molecule has 0 aliphatic carbocycles. The van der Waals surface area contributed by atoms with E-state index in [1.165, 1.54) is 0 Å². The molecule has 1 N–H and O–H groups in total. The Labute approximate surface area is 131 Å². The van der Waals surface area contributed by atoms with E-state index in [0.717, 1.165) is 35.1 Å². The maximum Gasteiger partial charge on any atom is 0.123 e. The lowest BCUT2D eigenvalue weighted by atomic mass is 10.2. The molecule has 1 heterocycles. The summed E-state index contributed by atoms with van der Waals surface area (Å²) in [6.07, 6.45) is 1.77. The molecule has 0 unspecified atom stereocenters. The normalized spacial score (nSPS) is 10.9. The van der Waals surface area contributed by atoms with Crippen LogP contribution in [0.3, 0.4) is 0 Å². The number of nitrogens with zero attached hydrogens (tertiary/aromatic N) is 1. The molecule has 2 aromatic rings. The average molecular weight is 305 g/mol. The first-order chi connectivity index (χ1) is 10.1. The molecule has 0 spiro atoms. The van der Waals surface area contributed by atoms with E-state index in [4.69, 9.17) is 16.3 Å². The summed E-state index contributed by atoms with van der Waals surface area (Å²) < 4.78 is 5.79. The Morgan fingerprint density at radius 2 is 2.05 bits per heavy atom. The summed E-state index contributed by atoms with van der Waals surface area (Å²) in [5.41, 5.74) is 1.96. The van der Waals surface area contributed by atoms with E-state index in [2.05, 4.69) is 24.1 Å². The van der Waals surface area contributed by atoms with Gasteiger partial charge in [0.15, 0.2) is 0 Å². The Kier molecular flexibility index (Phi) is 6.03. The Balaban J connectivity index is 1.90. The van der Waals surface area contributed by atoms with Crippen molar-refractivity contribution in [1.29, 1.82) is 0 Å². The lowest BCUT2D eigenvalue weighted by molar-refractivity contribution is 0.305. The number of nitrogens with one attached hydrogen (secondary N) is 1. The molecular weight excluding hydrogens is 284 g/mol. The molecule has 0 atom stereocenters. The minimum absolute atomic E-state index is 0.461. The van der Waals surface area contributed by atoms with E-state index < -0.39 is 0 Å². The van der Waals surface area contributed by atoms with Gasteiger partial charge in [0, 0.05) is 29.4 Å². The van der Waals surface area contributed by atoms with Crippen molar-refractivity contribution in [2.45, 2.75) is 27.0 Å². The molecule has 0 saturated carbocycles. The van der Waals surface area contributed by atoms with Gasteiger partial charge in [-0.15, -0.1) is 0 Å². The number of aromatic nitrogens is 1. The highest BCUT2D eigenvalue weighted by Crippen LogP contribution is 2.18. The fourth-order valence-electron chi connectivity index (χ4n) is 1.91. The van der Waals surface area contributed by atoms with E-state index >= 15 is 0 Å². The highest BCUT2D eigenvalue weighted by molar-refractivity contribution is 6.31. The molecule has 0 saturated heterocycles. The van der Waals surface area contributed by atoms with E-state index in [1.807, 2.05) is 36.4 Å². The summed E-state index contributed by atoms with van der Waals surface area (Å²) in [6, 6.07) is 11.5. The third-order valence-corrected chi connectivity index (χ3v) is 3.37. The van der Waals surface area contributed by atoms with Gasteiger partial charge in [-0.25, -0.2) is 0 Å². The Hall–Kier alpha value is -1.58. The van der Waals surface area contributed by atoms with E-state index in [0.29, 0.717) is 12.5 Å². The van der Waals surface area contributed by atoms with Gasteiger partial charge in [0.1, 0.15) is 12.4 Å². The quantitative estimate of drug-likeness (QED) is 0.837. The zero-order chi connectivity index (χ0) is 15.1. The van der Waals surface area contributed by atoms with E-state index in [9.17, 15) is 0 Å². The number of hydrogen-bond donors (Lipinski definition) is 1. The largest absolute Gasteiger partial charge is 0.489 e. The van der Waals surface area contributed by atoms with Gasteiger partial charge in [-0.05, 0) is 24.6 Å². The van der Waals surface area contributed by atoms with E-state index in [-0.39, 0.29) is 0 Å². The van der Waals surface area contributed by atoms with Crippen molar-refractivity contribution < 1.29 is 4.74 Å². The van der Waals surface area contributed by atoms with Crippen LogP contribution in [-0.4, -0.2) is 11.5 Å². The fourth-order valence-corrected chi connectivity index (χ4v) is 2.10. The number of halogens is 1. The molecule has 4 heteroatoms. The molecule has 0 radical (unpaired) electrons. The molecule has 2 rings (SSSR count). The molecular formula is C17H21ClN2O. The van der Waals surface area contributed by atoms with Gasteiger partial charge in [0.2, 0.25) is 0 Å². The molecule has 21 heavy (non-hydrogen) atoms. The number of benzene rings is 1. The summed E-state index contributed by atoms with van der Waals surface area (Å²) in [7, 11) is 0. The summed E-state index contributed by atoms with van der Waals surface area (Å²) in [5.74, 6) is 1.44. The predicted octanol–water partition coefficient (Wildman–Crippen LogP) is 4.06. The Bertz CT molecular complexity index is 572. The second-order valence-electron chi connectivity index (χ2n) is 5.39. The summed E-state index contributed by atoms with van der Waals surface area (Å²) >= 11 is 6.12. The third kappa shape index (κ3) is 5.37. The van der Waals surface area contributed by atoms with Gasteiger partial charge in [-0.2, -0.15) is 0 Å². The van der Waals surface area contributed by atoms with Crippen molar-refractivity contribution in [3.8, 4) is 5.75 Å². The molecule has 1 aromatic heterocycles. The average Bonchev–Trinajstić information content (AvgIpc) is 2.46. The van der Waals surface area contributed by atoms with E-state index in [1.54, 1.807) is 6.20 Å². The van der Waals surface area contributed by atoms with Crippen LogP contribution in [0.1, 0.15) is 25.1 Å². The lowest BCUT2D eigenvalue weighted by Crippen LogP contribution is -2.19. The zero-order valence-corrected chi connectivity index (χ0v) is 13.2. The molecule has 1 aromatic carbocycles. The van der Waals surface area contributed by atoms with Crippen LogP contribution in [0.5, 0.6) is 5.75 Å². The Morgan fingerprint density at radius 3 is 2.81 bits per heavy atom. The van der Waals surface area contributed by atoms with Crippen molar-refractivity contribution >= 4 is 11.6 Å². The first-order valence-corrected chi connectivity index (χ1v) is 7.55. The third-order valence-electron chi connectivity index (χ3n) is 3.00. The first-order valence-electron chi connectivity index (χ1n) is 7.17. The van der Waals surface area contributed by atoms with Crippen molar-refractivity contribution in [3.63, 3.8) is 0 Å². The molecule has 0 aliphatic heterocycles. The fraction of sp³-hybridized carbons (Fsp3) is 0.353. The number of ether oxygens (including phenoxy) is 1. The summed E-state index contributed by atoms with van der Waals surface area (Å²) in [5, 5.41) is 4.10. The minimum Gasteiger partial charge on any atom is -0.489 e. The topological polar surface area (TPSA) is 34.1 Å². The smallest absolute Gasteiger partial charge is 0.123 e. The standard InChI is InChI=1S/C17H21ClN2O/c1-13(2)10-19-11-15-9-16(7-8-20-15)21-12-14-5-3-4-6-17(14)18/h3-9,13,19H,10-12H2,1-2H3. The van der Waals surface area contributed by atoms with Gasteiger partial charge in [-0.3, -0.25) is 4.98 Å². The number of hydrogen-bond acceptors (Lipinski definition) is 3. The number of pyridine rings is 1. The van der Waals surface area contributed by atoms with Crippen LogP contribution in [0.25, 0.3) is 0 Å². The van der Waals surface area contributed by atoms with Crippen molar-refractivity contribution in [2.75, 3.05) is 6.54 Å². The monoisotopic (exact) mass is 304 g/mol. The van der Waals surface area contributed by atoms with Crippen LogP contribution in [-0.2, 0) is 13.2 Å². The molecule has 0 bridgehead atoms. The second kappa shape index (κ2) is 8.01. The van der Waals surface area contributed by atoms with Crippen LogP contribution in [0.2, 0.25) is 5.02 Å². The second-order valence-corrected chi connectivity index (χ2v) is 5.79. The van der Waals surface area contributed by atoms with Gasteiger partial charge in [0.25, 0.3) is 0 Å². The summed E-state index contributed by atoms with van der Waals surface area (Å²) in [6.45, 7) is 6.56. The van der Waals surface area contributed by atoms with Crippen molar-refractivity contribution in [2.24, 2.45) is 5.92 Å². The zero-order valence-electron chi connectivity index (χ0n) is 12.5. The summed E-state index contributed by atoms with van der Waals surface area (Å²) in [4.78, 5) is 4.34. The molecule has 112 valence electrons. The van der Waals surface area contributed by atoms with Crippen molar-refractivity contribution in [1.82, 2.24) is 10.3 Å². The van der Waals surface area contributed by atoms with Crippen LogP contribution in [0, 0.1) is 5.92 Å². The maximum atomic E-state index is 6.12. The molecule has 0 aliphatic rings. The highest BCUT2D eigenvalue weighted by atomic mass is 35.5. The lowest BCUT2D eigenvalue weighted by Gasteiger charge is -2.10. The van der Waals surface area contributed by atoms with Gasteiger partial charge >= 0.3 is 0 Å². The van der Waals surface area contributed by atoms with Gasteiger partial charge in [-0.1, -0.05) is 43.6 Å².